The number of hydrogen-bond donors (Lipinski definition) is 0. The van der Waals surface area contributed by atoms with E-state index in [1.54, 1.807) is 12.4 Å². The highest BCUT2D eigenvalue weighted by Crippen LogP contribution is 2.34. The van der Waals surface area contributed by atoms with Crippen LogP contribution in [0.2, 0.25) is 0 Å². The first kappa shape index (κ1) is 20.5. The third-order valence-corrected chi connectivity index (χ3v) is 7.25. The fourth-order valence-corrected chi connectivity index (χ4v) is 4.91. The van der Waals surface area contributed by atoms with Gasteiger partial charge in [0, 0.05) is 24.4 Å². The monoisotopic (exact) mass is 402 g/mol. The van der Waals surface area contributed by atoms with E-state index >= 15 is 0 Å². The second-order valence-electron chi connectivity index (χ2n) is 6.44. The average Bonchev–Trinajstić information content (AvgIpc) is 2.70. The molecule has 6 heteroatoms. The van der Waals surface area contributed by atoms with Crippen LogP contribution in [-0.2, 0) is 12.6 Å². The molecule has 0 aliphatic heterocycles. The van der Waals surface area contributed by atoms with Crippen LogP contribution in [0.3, 0.4) is 0 Å². The van der Waals surface area contributed by atoms with Crippen molar-refractivity contribution in [2.75, 3.05) is 12.3 Å². The molecular weight excluding hydrogens is 380 g/mol. The second kappa shape index (κ2) is 8.83. The Bertz CT molecular complexity index is 902. The average molecular weight is 402 g/mol. The predicted molar refractivity (Wildman–Crippen MR) is 109 cm³/mol. The van der Waals surface area contributed by atoms with Crippen LogP contribution >= 0.6 is 7.92 Å². The number of aromatic nitrogens is 2. The zero-order valence-corrected chi connectivity index (χ0v) is 16.8. The summed E-state index contributed by atoms with van der Waals surface area (Å²) in [5.41, 5.74) is 2.62. The van der Waals surface area contributed by atoms with E-state index < -0.39 is 11.7 Å². The molecule has 3 rings (SSSR count). The number of rotatable bonds is 6. The normalized spacial score (nSPS) is 11.8. The van der Waals surface area contributed by atoms with E-state index in [0.717, 1.165) is 47.0 Å². The fraction of sp³-hybridized carbons (Fsp3) is 0.273. The summed E-state index contributed by atoms with van der Waals surface area (Å²) < 4.78 is 38.3. The molecule has 0 unspecified atom stereocenters. The van der Waals surface area contributed by atoms with Crippen LogP contribution in [-0.4, -0.2) is 22.3 Å². The maximum atomic E-state index is 12.8. The minimum absolute atomic E-state index is 0.121. The summed E-state index contributed by atoms with van der Waals surface area (Å²) in [6, 6.07) is 13.7. The summed E-state index contributed by atoms with van der Waals surface area (Å²) in [7, 11) is -0.121. The lowest BCUT2D eigenvalue weighted by Gasteiger charge is -2.14. The molecule has 1 heterocycles. The Kier molecular flexibility index (Phi) is 6.46. The van der Waals surface area contributed by atoms with E-state index in [2.05, 4.69) is 48.1 Å². The summed E-state index contributed by atoms with van der Waals surface area (Å²) in [5, 5.41) is 1.37. The quantitative estimate of drug-likeness (QED) is 0.480. The molecule has 0 aliphatic carbocycles. The van der Waals surface area contributed by atoms with Gasteiger partial charge >= 0.3 is 6.18 Å². The van der Waals surface area contributed by atoms with Crippen molar-refractivity contribution in [3.8, 4) is 11.3 Å². The smallest absolute Gasteiger partial charge is 0.257 e. The van der Waals surface area contributed by atoms with Crippen molar-refractivity contribution in [3.63, 3.8) is 0 Å². The predicted octanol–water partition coefficient (Wildman–Crippen LogP) is 5.90. The van der Waals surface area contributed by atoms with Crippen molar-refractivity contribution in [2.45, 2.75) is 26.4 Å². The molecule has 0 bridgehead atoms. The molecular formula is C22H22F3N2P. The van der Waals surface area contributed by atoms with E-state index in [1.807, 2.05) is 0 Å². The summed E-state index contributed by atoms with van der Waals surface area (Å²) in [6.07, 6.45) is 1.69. The Morgan fingerprint density at radius 1 is 0.821 bits per heavy atom. The topological polar surface area (TPSA) is 25.8 Å². The Morgan fingerprint density at radius 2 is 1.43 bits per heavy atom. The van der Waals surface area contributed by atoms with Crippen molar-refractivity contribution in [3.05, 3.63) is 77.7 Å². The van der Waals surface area contributed by atoms with E-state index in [-0.39, 0.29) is 7.92 Å². The molecule has 0 N–H and O–H groups in total. The Labute approximate surface area is 164 Å². The van der Waals surface area contributed by atoms with Crippen molar-refractivity contribution in [1.82, 2.24) is 9.97 Å². The van der Waals surface area contributed by atoms with Gasteiger partial charge in [-0.3, -0.25) is 9.97 Å². The van der Waals surface area contributed by atoms with Gasteiger partial charge in [0.15, 0.2) is 0 Å². The lowest BCUT2D eigenvalue weighted by atomic mass is 10.0. The van der Waals surface area contributed by atoms with Gasteiger partial charge in [-0.05, 0) is 35.3 Å². The molecule has 0 radical (unpaired) electrons. The second-order valence-corrected chi connectivity index (χ2v) is 9.30. The van der Waals surface area contributed by atoms with Gasteiger partial charge in [0.1, 0.15) is 0 Å². The Morgan fingerprint density at radius 3 is 2.00 bits per heavy atom. The van der Waals surface area contributed by atoms with Gasteiger partial charge in [0.25, 0.3) is 0 Å². The molecule has 0 spiro atoms. The first-order valence-electron chi connectivity index (χ1n) is 9.23. The van der Waals surface area contributed by atoms with Gasteiger partial charge in [0.2, 0.25) is 0 Å². The van der Waals surface area contributed by atoms with Crippen LogP contribution in [0.1, 0.15) is 30.7 Å². The fourth-order valence-electron chi connectivity index (χ4n) is 3.16. The number of benzene rings is 2. The molecule has 0 atom stereocenters. The van der Waals surface area contributed by atoms with Crippen LogP contribution < -0.4 is 5.30 Å². The highest BCUT2D eigenvalue weighted by molar-refractivity contribution is 7.65. The zero-order chi connectivity index (χ0) is 20.1. The van der Waals surface area contributed by atoms with Crippen molar-refractivity contribution in [2.24, 2.45) is 0 Å². The summed E-state index contributed by atoms with van der Waals surface area (Å²) >= 11 is 0. The molecule has 146 valence electrons. The Hall–Kier alpha value is -2.26. The number of hydrogen-bond acceptors (Lipinski definition) is 2. The minimum Gasteiger partial charge on any atom is -0.257 e. The molecule has 1 aromatic heterocycles. The van der Waals surface area contributed by atoms with Crippen LogP contribution in [0, 0.1) is 0 Å². The summed E-state index contributed by atoms with van der Waals surface area (Å²) in [6.45, 7) is 4.43. The molecule has 28 heavy (non-hydrogen) atoms. The first-order chi connectivity index (χ1) is 13.4. The summed E-state index contributed by atoms with van der Waals surface area (Å²) in [4.78, 5) is 8.91. The first-order valence-corrected chi connectivity index (χ1v) is 10.9. The van der Waals surface area contributed by atoms with E-state index in [4.69, 9.17) is 0 Å². The van der Waals surface area contributed by atoms with Gasteiger partial charge in [-0.1, -0.05) is 58.2 Å². The van der Waals surface area contributed by atoms with Crippen molar-refractivity contribution >= 4 is 13.2 Å². The highest BCUT2D eigenvalue weighted by atomic mass is 31.1. The van der Waals surface area contributed by atoms with Gasteiger partial charge in [-0.15, -0.1) is 0 Å². The van der Waals surface area contributed by atoms with E-state index in [0.29, 0.717) is 6.42 Å². The molecule has 0 aliphatic rings. The lowest BCUT2D eigenvalue weighted by Crippen LogP contribution is -2.05. The largest absolute Gasteiger partial charge is 0.416 e. The minimum atomic E-state index is -4.33. The number of nitrogens with zero attached hydrogens (tertiary/aromatic N) is 2. The van der Waals surface area contributed by atoms with Gasteiger partial charge < -0.3 is 0 Å². The van der Waals surface area contributed by atoms with Gasteiger partial charge in [-0.2, -0.15) is 13.2 Å². The molecule has 2 nitrogen and oxygen atoms in total. The third-order valence-electron chi connectivity index (χ3n) is 4.70. The Balaban J connectivity index is 1.85. The molecule has 0 amide bonds. The van der Waals surface area contributed by atoms with Crippen molar-refractivity contribution < 1.29 is 13.2 Å². The lowest BCUT2D eigenvalue weighted by molar-refractivity contribution is -0.137. The molecule has 0 saturated carbocycles. The number of halogens is 3. The van der Waals surface area contributed by atoms with Gasteiger partial charge in [-0.25, -0.2) is 0 Å². The van der Waals surface area contributed by atoms with Gasteiger partial charge in [0.05, 0.1) is 17.0 Å². The molecule has 0 saturated heterocycles. The SMILES string of the molecule is CCP(CC)c1ccc(-c2nccnc2Cc2ccc(C(F)(F)F)cc2)cc1. The zero-order valence-electron chi connectivity index (χ0n) is 15.9. The molecule has 2 aromatic carbocycles. The maximum Gasteiger partial charge on any atom is 0.416 e. The third kappa shape index (κ3) is 4.77. The molecule has 3 aromatic rings. The van der Waals surface area contributed by atoms with Crippen LogP contribution in [0.4, 0.5) is 13.2 Å². The highest BCUT2D eigenvalue weighted by Gasteiger charge is 2.29. The van der Waals surface area contributed by atoms with Crippen LogP contribution in [0.25, 0.3) is 11.3 Å². The summed E-state index contributed by atoms with van der Waals surface area (Å²) in [5.74, 6) is 0. The maximum absolute atomic E-state index is 12.8. The number of alkyl halides is 3. The van der Waals surface area contributed by atoms with Crippen LogP contribution in [0.15, 0.2) is 60.9 Å². The molecule has 0 fully saturated rings. The van der Waals surface area contributed by atoms with E-state index in [1.165, 1.54) is 17.4 Å². The van der Waals surface area contributed by atoms with E-state index in [9.17, 15) is 13.2 Å². The standard InChI is InChI=1S/C22H22F3N2P/c1-3-28(4-2)19-11-7-17(8-12-19)21-20(26-13-14-27-21)15-16-5-9-18(10-6-16)22(23,24)25/h5-14H,3-4,15H2,1-2H3. The van der Waals surface area contributed by atoms with Crippen LogP contribution in [0.5, 0.6) is 0 Å². The van der Waals surface area contributed by atoms with Crippen molar-refractivity contribution in [1.29, 1.82) is 0 Å².